The van der Waals surface area contributed by atoms with E-state index < -0.39 is 12.0 Å². The summed E-state index contributed by atoms with van der Waals surface area (Å²) in [6, 6.07) is 5.89. The molecular weight excluding hydrogens is 254 g/mol. The number of fused-ring (bicyclic) bond motifs is 1. The lowest BCUT2D eigenvalue weighted by molar-refractivity contribution is -0.142. The van der Waals surface area contributed by atoms with Crippen molar-refractivity contribution in [1.82, 2.24) is 4.90 Å². The number of amides is 1. The number of carbonyl (C=O) groups excluding carboxylic acids is 1. The number of hydrogen-bond acceptors (Lipinski definition) is 2. The highest BCUT2D eigenvalue weighted by molar-refractivity contribution is 6.30. The fourth-order valence-corrected chi connectivity index (χ4v) is 2.87. The van der Waals surface area contributed by atoms with Crippen molar-refractivity contribution in [3.05, 3.63) is 34.9 Å². The molecule has 1 N–H and O–H groups in total. The van der Waals surface area contributed by atoms with Crippen LogP contribution in [0.2, 0.25) is 5.02 Å². The highest BCUT2D eigenvalue weighted by atomic mass is 35.5. The molecule has 1 aliphatic carbocycles. The molecule has 0 unspecified atom stereocenters. The monoisotopic (exact) mass is 265 g/mol. The van der Waals surface area contributed by atoms with Crippen LogP contribution in [-0.2, 0) is 4.79 Å². The molecular formula is C13H12ClNO3. The Bertz CT molecular complexity index is 513. The highest BCUT2D eigenvalue weighted by Gasteiger charge is 2.57. The minimum atomic E-state index is -0.901. The molecule has 1 saturated carbocycles. The smallest absolute Gasteiger partial charge is 0.326 e. The van der Waals surface area contributed by atoms with Gasteiger partial charge >= 0.3 is 5.97 Å². The van der Waals surface area contributed by atoms with Gasteiger partial charge in [-0.2, -0.15) is 0 Å². The van der Waals surface area contributed by atoms with Crippen LogP contribution in [0.3, 0.4) is 0 Å². The van der Waals surface area contributed by atoms with Gasteiger partial charge in [-0.3, -0.25) is 4.79 Å². The van der Waals surface area contributed by atoms with Gasteiger partial charge in [-0.05, 0) is 42.5 Å². The molecule has 1 aliphatic heterocycles. The predicted molar refractivity (Wildman–Crippen MR) is 65.5 cm³/mol. The number of rotatable bonds is 2. The minimum absolute atomic E-state index is 0.152. The van der Waals surface area contributed by atoms with Gasteiger partial charge in [-0.25, -0.2) is 4.79 Å². The Morgan fingerprint density at radius 1 is 1.28 bits per heavy atom. The Hall–Kier alpha value is -1.55. The van der Waals surface area contributed by atoms with E-state index in [-0.39, 0.29) is 11.8 Å². The van der Waals surface area contributed by atoms with Crippen molar-refractivity contribution in [2.75, 3.05) is 6.54 Å². The van der Waals surface area contributed by atoms with E-state index in [0.29, 0.717) is 23.0 Å². The van der Waals surface area contributed by atoms with Gasteiger partial charge in [-0.15, -0.1) is 0 Å². The average molecular weight is 266 g/mol. The number of nitrogens with zero attached hydrogens (tertiary/aromatic N) is 1. The van der Waals surface area contributed by atoms with Crippen molar-refractivity contribution in [2.24, 2.45) is 11.8 Å². The zero-order chi connectivity index (χ0) is 12.9. The van der Waals surface area contributed by atoms with Crippen LogP contribution in [0.15, 0.2) is 24.3 Å². The quantitative estimate of drug-likeness (QED) is 0.888. The summed E-state index contributed by atoms with van der Waals surface area (Å²) in [4.78, 5) is 25.0. The first-order chi connectivity index (χ1) is 8.58. The second kappa shape index (κ2) is 3.99. The minimum Gasteiger partial charge on any atom is -0.480 e. The number of halogens is 1. The maximum atomic E-state index is 12.3. The summed E-state index contributed by atoms with van der Waals surface area (Å²) in [5, 5.41) is 9.77. The molecule has 18 heavy (non-hydrogen) atoms. The Morgan fingerprint density at radius 3 is 2.56 bits per heavy atom. The molecule has 4 nitrogen and oxygen atoms in total. The number of benzene rings is 1. The molecule has 5 heteroatoms. The third-order valence-electron chi connectivity index (χ3n) is 3.75. The molecule has 94 valence electrons. The topological polar surface area (TPSA) is 57.6 Å². The SMILES string of the molecule is O=C(O)[C@@H]1[C@H]2C[C@H]2CN1C(=O)c1ccc(Cl)cc1. The lowest BCUT2D eigenvalue weighted by Crippen LogP contribution is -2.43. The number of carboxylic acids is 1. The number of carboxylic acid groups (broad SMARTS) is 1. The van der Waals surface area contributed by atoms with Crippen LogP contribution in [-0.4, -0.2) is 34.5 Å². The summed E-state index contributed by atoms with van der Waals surface area (Å²) in [5.74, 6) is -0.588. The van der Waals surface area contributed by atoms with E-state index in [1.54, 1.807) is 24.3 Å². The number of carbonyl (C=O) groups is 2. The van der Waals surface area contributed by atoms with Gasteiger partial charge in [0, 0.05) is 17.1 Å². The summed E-state index contributed by atoms with van der Waals surface area (Å²) in [6.45, 7) is 0.559. The molecule has 0 spiro atoms. The molecule has 1 aromatic rings. The van der Waals surface area contributed by atoms with Gasteiger partial charge in [0.2, 0.25) is 0 Å². The van der Waals surface area contributed by atoms with Crippen LogP contribution in [0, 0.1) is 11.8 Å². The van der Waals surface area contributed by atoms with Crippen LogP contribution in [0.1, 0.15) is 16.8 Å². The first-order valence-electron chi connectivity index (χ1n) is 5.87. The molecule has 0 radical (unpaired) electrons. The van der Waals surface area contributed by atoms with Crippen LogP contribution in [0.5, 0.6) is 0 Å². The van der Waals surface area contributed by atoms with E-state index in [0.717, 1.165) is 6.42 Å². The standard InChI is InChI=1S/C13H12ClNO3/c14-9-3-1-7(2-4-9)12(16)15-6-8-5-10(8)11(15)13(17)18/h1-4,8,10-11H,5-6H2,(H,17,18)/t8-,10-,11-/m0/s1. The molecule has 1 amide bonds. The van der Waals surface area contributed by atoms with Gasteiger partial charge < -0.3 is 10.0 Å². The van der Waals surface area contributed by atoms with Gasteiger partial charge in [0.05, 0.1) is 0 Å². The largest absolute Gasteiger partial charge is 0.480 e. The fourth-order valence-electron chi connectivity index (χ4n) is 2.75. The van der Waals surface area contributed by atoms with E-state index in [4.69, 9.17) is 11.6 Å². The molecule has 3 atom stereocenters. The van der Waals surface area contributed by atoms with Gasteiger partial charge in [-0.1, -0.05) is 11.6 Å². The Kier molecular flexibility index (Phi) is 2.55. The molecule has 1 aromatic carbocycles. The van der Waals surface area contributed by atoms with Crippen LogP contribution < -0.4 is 0 Å². The fraction of sp³-hybridized carbons (Fsp3) is 0.385. The van der Waals surface area contributed by atoms with Crippen LogP contribution in [0.25, 0.3) is 0 Å². The van der Waals surface area contributed by atoms with E-state index in [9.17, 15) is 14.7 Å². The van der Waals surface area contributed by atoms with Crippen molar-refractivity contribution in [2.45, 2.75) is 12.5 Å². The highest BCUT2D eigenvalue weighted by Crippen LogP contribution is 2.49. The Morgan fingerprint density at radius 2 is 1.94 bits per heavy atom. The third-order valence-corrected chi connectivity index (χ3v) is 4.01. The molecule has 0 bridgehead atoms. The third kappa shape index (κ3) is 1.77. The first-order valence-corrected chi connectivity index (χ1v) is 6.25. The molecule has 2 aliphatic rings. The zero-order valence-electron chi connectivity index (χ0n) is 9.54. The number of hydrogen-bond donors (Lipinski definition) is 1. The maximum Gasteiger partial charge on any atom is 0.326 e. The van der Waals surface area contributed by atoms with E-state index >= 15 is 0 Å². The van der Waals surface area contributed by atoms with E-state index in [2.05, 4.69) is 0 Å². The first kappa shape index (κ1) is 11.5. The van der Waals surface area contributed by atoms with E-state index in [1.165, 1.54) is 4.90 Å². The second-order valence-corrected chi connectivity index (χ2v) is 5.34. The van der Waals surface area contributed by atoms with Crippen molar-refractivity contribution in [3.63, 3.8) is 0 Å². The summed E-state index contributed by atoms with van der Waals surface area (Å²) < 4.78 is 0. The van der Waals surface area contributed by atoms with Gasteiger partial charge in [0.15, 0.2) is 0 Å². The lowest BCUT2D eigenvalue weighted by Gasteiger charge is -2.24. The normalized spacial score (nSPS) is 28.9. The maximum absolute atomic E-state index is 12.3. The average Bonchev–Trinajstić information content (AvgIpc) is 2.99. The Balaban J connectivity index is 1.84. The molecule has 3 rings (SSSR count). The van der Waals surface area contributed by atoms with Crippen LogP contribution in [0.4, 0.5) is 0 Å². The molecule has 2 fully saturated rings. The number of aliphatic carboxylic acids is 1. The van der Waals surface area contributed by atoms with Crippen LogP contribution >= 0.6 is 11.6 Å². The molecule has 1 saturated heterocycles. The molecule has 1 heterocycles. The lowest BCUT2D eigenvalue weighted by atomic mass is 10.1. The van der Waals surface area contributed by atoms with Gasteiger partial charge in [0.1, 0.15) is 6.04 Å². The summed E-state index contributed by atoms with van der Waals surface area (Å²) in [5.41, 5.74) is 0.493. The van der Waals surface area contributed by atoms with Crippen molar-refractivity contribution in [1.29, 1.82) is 0 Å². The Labute approximate surface area is 109 Å². The zero-order valence-corrected chi connectivity index (χ0v) is 10.3. The summed E-state index contributed by atoms with van der Waals surface area (Å²) >= 11 is 5.77. The van der Waals surface area contributed by atoms with Crippen molar-refractivity contribution >= 4 is 23.5 Å². The molecule has 0 aromatic heterocycles. The van der Waals surface area contributed by atoms with Gasteiger partial charge in [0.25, 0.3) is 5.91 Å². The number of piperidine rings is 1. The summed E-state index contributed by atoms with van der Waals surface area (Å²) in [7, 11) is 0. The second-order valence-electron chi connectivity index (χ2n) is 4.91. The number of likely N-dealkylation sites (tertiary alicyclic amines) is 1. The van der Waals surface area contributed by atoms with Crippen molar-refractivity contribution < 1.29 is 14.7 Å². The van der Waals surface area contributed by atoms with E-state index in [1.807, 2.05) is 0 Å². The van der Waals surface area contributed by atoms with Crippen molar-refractivity contribution in [3.8, 4) is 0 Å². The predicted octanol–water partition coefficient (Wildman–Crippen LogP) is 1.89. The summed E-state index contributed by atoms with van der Waals surface area (Å²) in [6.07, 6.45) is 0.932.